The standard InChI is InChI=1S/C31H24F6O5/c1-16(2)28(38)40-15-5-6-18-7-9-19(10-8-18)20-11-12-21-22-13-14-23(41-29(39)17(3)4)25(31(35,36)37)27(22)42-26(21)24(20)30(32,33)34/h7-14H,1,3,5-6,15H2,2,4H3. The van der Waals surface area contributed by atoms with Gasteiger partial charge in [0.25, 0.3) is 0 Å². The number of alkyl halides is 6. The van der Waals surface area contributed by atoms with Gasteiger partial charge < -0.3 is 13.9 Å². The van der Waals surface area contributed by atoms with E-state index in [0.717, 1.165) is 17.7 Å². The van der Waals surface area contributed by atoms with Crippen molar-refractivity contribution in [1.82, 2.24) is 0 Å². The van der Waals surface area contributed by atoms with Crippen LogP contribution in [0.1, 0.15) is 37.0 Å². The van der Waals surface area contributed by atoms with E-state index in [-0.39, 0.29) is 39.7 Å². The second-order valence-corrected chi connectivity index (χ2v) is 9.66. The van der Waals surface area contributed by atoms with Gasteiger partial charge in [-0.3, -0.25) is 0 Å². The highest BCUT2D eigenvalue weighted by Gasteiger charge is 2.42. The second-order valence-electron chi connectivity index (χ2n) is 9.66. The number of esters is 2. The number of fused-ring (bicyclic) bond motifs is 3. The first kappa shape index (κ1) is 30.4. The van der Waals surface area contributed by atoms with Crippen LogP contribution in [-0.4, -0.2) is 18.5 Å². The summed E-state index contributed by atoms with van der Waals surface area (Å²) in [6, 6.07) is 10.6. The molecule has 0 aliphatic rings. The normalized spacial score (nSPS) is 12.0. The van der Waals surface area contributed by atoms with Gasteiger partial charge in [0.2, 0.25) is 0 Å². The predicted molar refractivity (Wildman–Crippen MR) is 144 cm³/mol. The molecule has 0 atom stereocenters. The largest absolute Gasteiger partial charge is 0.462 e. The molecule has 0 saturated carbocycles. The summed E-state index contributed by atoms with van der Waals surface area (Å²) in [6.45, 7) is 9.72. The highest BCUT2D eigenvalue weighted by atomic mass is 19.4. The highest BCUT2D eigenvalue weighted by Crippen LogP contribution is 2.48. The molecule has 0 spiro atoms. The zero-order valence-electron chi connectivity index (χ0n) is 22.5. The topological polar surface area (TPSA) is 65.7 Å². The number of benzene rings is 3. The zero-order valence-corrected chi connectivity index (χ0v) is 22.5. The fourth-order valence-electron chi connectivity index (χ4n) is 4.36. The van der Waals surface area contributed by atoms with Crippen LogP contribution in [0.5, 0.6) is 5.75 Å². The minimum absolute atomic E-state index is 0.141. The minimum atomic E-state index is -5.13. The Kier molecular flexibility index (Phi) is 8.25. The molecule has 5 nitrogen and oxygen atoms in total. The lowest BCUT2D eigenvalue weighted by molar-refractivity contribution is -0.141. The van der Waals surface area contributed by atoms with Gasteiger partial charge in [0.05, 0.1) is 6.61 Å². The highest BCUT2D eigenvalue weighted by molar-refractivity contribution is 6.09. The van der Waals surface area contributed by atoms with E-state index in [2.05, 4.69) is 13.2 Å². The van der Waals surface area contributed by atoms with Gasteiger partial charge in [-0.05, 0) is 61.6 Å². The van der Waals surface area contributed by atoms with Crippen LogP contribution in [0.3, 0.4) is 0 Å². The van der Waals surface area contributed by atoms with Crippen LogP contribution in [0.2, 0.25) is 0 Å². The van der Waals surface area contributed by atoms with Gasteiger partial charge in [0.1, 0.15) is 22.5 Å². The SMILES string of the molecule is C=C(C)C(=O)OCCCc1ccc(-c2ccc3c(oc4c(C(F)(F)F)c(OC(=O)C(=C)C)ccc43)c2C(F)(F)F)cc1. The number of carbonyl (C=O) groups is 2. The van der Waals surface area contributed by atoms with E-state index in [9.17, 15) is 35.9 Å². The molecule has 0 fully saturated rings. The van der Waals surface area contributed by atoms with Crippen molar-refractivity contribution >= 4 is 33.9 Å². The summed E-state index contributed by atoms with van der Waals surface area (Å²) in [5.41, 5.74) is -3.70. The van der Waals surface area contributed by atoms with Crippen LogP contribution in [-0.2, 0) is 33.1 Å². The first-order chi connectivity index (χ1) is 19.6. The Hall–Kier alpha value is -4.54. The van der Waals surface area contributed by atoms with Crippen molar-refractivity contribution in [1.29, 1.82) is 0 Å². The second kappa shape index (κ2) is 11.4. The summed E-state index contributed by atoms with van der Waals surface area (Å²) >= 11 is 0. The van der Waals surface area contributed by atoms with Crippen molar-refractivity contribution in [2.45, 2.75) is 39.0 Å². The summed E-state index contributed by atoms with van der Waals surface area (Å²) in [4.78, 5) is 23.4. The molecule has 0 radical (unpaired) electrons. The lowest BCUT2D eigenvalue weighted by Crippen LogP contribution is -2.14. The van der Waals surface area contributed by atoms with Gasteiger partial charge in [-0.25, -0.2) is 9.59 Å². The molecular weight excluding hydrogens is 566 g/mol. The van der Waals surface area contributed by atoms with Crippen LogP contribution in [0.15, 0.2) is 77.3 Å². The van der Waals surface area contributed by atoms with E-state index < -0.39 is 52.3 Å². The van der Waals surface area contributed by atoms with Crippen molar-refractivity contribution < 1.29 is 49.8 Å². The number of carbonyl (C=O) groups excluding carboxylic acids is 2. The third-order valence-electron chi connectivity index (χ3n) is 6.35. The molecule has 11 heteroatoms. The smallest absolute Gasteiger partial charge is 0.423 e. The first-order valence-corrected chi connectivity index (χ1v) is 12.6. The van der Waals surface area contributed by atoms with Crippen LogP contribution in [0, 0.1) is 0 Å². The van der Waals surface area contributed by atoms with Crippen molar-refractivity contribution in [3.8, 4) is 16.9 Å². The third kappa shape index (κ3) is 6.19. The molecule has 3 aromatic carbocycles. The number of hydrogen-bond acceptors (Lipinski definition) is 5. The first-order valence-electron chi connectivity index (χ1n) is 12.6. The van der Waals surface area contributed by atoms with Gasteiger partial charge in [0.15, 0.2) is 5.58 Å². The summed E-state index contributed by atoms with van der Waals surface area (Å²) in [6.07, 6.45) is -9.17. The number of aryl methyl sites for hydroxylation is 1. The average Bonchev–Trinajstić information content (AvgIpc) is 3.27. The van der Waals surface area contributed by atoms with Crippen LogP contribution in [0.25, 0.3) is 33.1 Å². The Bertz CT molecular complexity index is 1710. The van der Waals surface area contributed by atoms with Crippen LogP contribution < -0.4 is 4.74 Å². The molecular formula is C31H24F6O5. The van der Waals surface area contributed by atoms with Gasteiger partial charge in [-0.2, -0.15) is 26.3 Å². The van der Waals surface area contributed by atoms with E-state index in [1.807, 2.05) is 0 Å². The van der Waals surface area contributed by atoms with E-state index >= 15 is 0 Å². The Morgan fingerprint density at radius 2 is 1.31 bits per heavy atom. The summed E-state index contributed by atoms with van der Waals surface area (Å²) in [5, 5.41) is -0.419. The number of ether oxygens (including phenoxy) is 2. The Morgan fingerprint density at radius 3 is 1.86 bits per heavy atom. The molecule has 0 amide bonds. The monoisotopic (exact) mass is 590 g/mol. The summed E-state index contributed by atoms with van der Waals surface area (Å²) in [7, 11) is 0. The maximum absolute atomic E-state index is 14.5. The number of rotatable bonds is 8. The van der Waals surface area contributed by atoms with Crippen LogP contribution in [0.4, 0.5) is 26.3 Å². The van der Waals surface area contributed by atoms with E-state index in [4.69, 9.17) is 13.9 Å². The lowest BCUT2D eigenvalue weighted by Gasteiger charge is -2.14. The van der Waals surface area contributed by atoms with Gasteiger partial charge >= 0.3 is 24.3 Å². The Labute approximate surface area is 236 Å². The van der Waals surface area contributed by atoms with Gasteiger partial charge in [0, 0.05) is 21.9 Å². The van der Waals surface area contributed by atoms with Crippen molar-refractivity contribution in [3.63, 3.8) is 0 Å². The summed E-state index contributed by atoms with van der Waals surface area (Å²) < 4.78 is 101. The Morgan fingerprint density at radius 1 is 0.762 bits per heavy atom. The minimum Gasteiger partial charge on any atom is -0.462 e. The number of halogens is 6. The molecule has 0 bridgehead atoms. The zero-order chi connectivity index (χ0) is 31.0. The van der Waals surface area contributed by atoms with E-state index in [1.54, 1.807) is 12.1 Å². The molecule has 0 N–H and O–H groups in total. The quantitative estimate of drug-likeness (QED) is 0.0675. The van der Waals surface area contributed by atoms with Gasteiger partial charge in [-0.1, -0.05) is 43.5 Å². The molecule has 42 heavy (non-hydrogen) atoms. The van der Waals surface area contributed by atoms with Crippen molar-refractivity contribution in [3.05, 3.63) is 89.5 Å². The molecule has 0 aliphatic heterocycles. The summed E-state index contributed by atoms with van der Waals surface area (Å²) in [5.74, 6) is -2.57. The fraction of sp³-hybridized carbons (Fsp3) is 0.226. The number of hydrogen-bond donors (Lipinski definition) is 0. The fourth-order valence-corrected chi connectivity index (χ4v) is 4.36. The van der Waals surface area contributed by atoms with Gasteiger partial charge in [-0.15, -0.1) is 0 Å². The number of furan rings is 1. The molecule has 0 aliphatic carbocycles. The average molecular weight is 591 g/mol. The maximum Gasteiger partial charge on any atom is 0.423 e. The lowest BCUT2D eigenvalue weighted by atomic mass is 9.95. The molecule has 1 heterocycles. The Balaban J connectivity index is 1.78. The maximum atomic E-state index is 14.5. The molecule has 4 rings (SSSR count). The van der Waals surface area contributed by atoms with Crippen molar-refractivity contribution in [2.24, 2.45) is 0 Å². The molecule has 1 aromatic heterocycles. The third-order valence-corrected chi connectivity index (χ3v) is 6.35. The predicted octanol–water partition coefficient (Wildman–Crippen LogP) is 8.82. The molecule has 0 unspecified atom stereocenters. The van der Waals surface area contributed by atoms with Crippen LogP contribution >= 0.6 is 0 Å². The van der Waals surface area contributed by atoms with E-state index in [0.29, 0.717) is 12.8 Å². The molecule has 0 saturated heterocycles. The van der Waals surface area contributed by atoms with Crippen molar-refractivity contribution in [2.75, 3.05) is 6.61 Å². The molecule has 220 valence electrons. The van der Waals surface area contributed by atoms with E-state index in [1.165, 1.54) is 38.1 Å². The molecule has 4 aromatic rings.